The van der Waals surface area contributed by atoms with E-state index in [1.54, 1.807) is 15.5 Å². The quantitative estimate of drug-likeness (QED) is 0.769. The van der Waals surface area contributed by atoms with Crippen molar-refractivity contribution in [3.8, 4) is 0 Å². The lowest BCUT2D eigenvalue weighted by atomic mass is 10.2. The minimum absolute atomic E-state index is 0.119. The summed E-state index contributed by atoms with van der Waals surface area (Å²) in [5, 5.41) is 0. The normalized spacial score (nSPS) is 15.0. The highest BCUT2D eigenvalue weighted by Gasteiger charge is 2.24. The highest BCUT2D eigenvalue weighted by molar-refractivity contribution is 5.94. The van der Waals surface area contributed by atoms with E-state index in [0.29, 0.717) is 44.0 Å². The molecule has 2 aromatic rings. The van der Waals surface area contributed by atoms with Gasteiger partial charge in [0.05, 0.1) is 0 Å². The standard InChI is InChI=1S/C22H29FN4O3/c1-15(2)26-19(14-20(28)27(16(3)4)22(26)30)24-9-6-10-25(12-11-24)21(29)17-7-5-8-18(23)13-17/h5,7-8,13-16H,6,9-12H2,1-4H3. The minimum Gasteiger partial charge on any atom is -0.356 e. The molecular formula is C22H29FN4O3. The molecule has 0 unspecified atom stereocenters. The molecule has 1 fully saturated rings. The Morgan fingerprint density at radius 3 is 2.27 bits per heavy atom. The second kappa shape index (κ2) is 8.85. The van der Waals surface area contributed by atoms with Gasteiger partial charge in [-0.05, 0) is 52.3 Å². The van der Waals surface area contributed by atoms with Crippen LogP contribution in [0.2, 0.25) is 0 Å². The molecule has 7 nitrogen and oxygen atoms in total. The number of nitrogens with zero attached hydrogens (tertiary/aromatic N) is 4. The van der Waals surface area contributed by atoms with Crippen molar-refractivity contribution in [2.75, 3.05) is 31.1 Å². The molecule has 3 rings (SSSR count). The maximum Gasteiger partial charge on any atom is 0.333 e. The summed E-state index contributed by atoms with van der Waals surface area (Å²) >= 11 is 0. The van der Waals surface area contributed by atoms with E-state index >= 15 is 0 Å². The second-order valence-corrected chi connectivity index (χ2v) is 8.19. The van der Waals surface area contributed by atoms with Crippen molar-refractivity contribution in [3.63, 3.8) is 0 Å². The Bertz CT molecular complexity index is 1040. The van der Waals surface area contributed by atoms with E-state index in [4.69, 9.17) is 0 Å². The Labute approximate surface area is 175 Å². The number of anilines is 1. The van der Waals surface area contributed by atoms with Crippen LogP contribution in [0.5, 0.6) is 0 Å². The van der Waals surface area contributed by atoms with Crippen LogP contribution in [-0.2, 0) is 0 Å². The molecule has 0 bridgehead atoms. The molecule has 8 heteroatoms. The van der Waals surface area contributed by atoms with Crippen LogP contribution in [0.15, 0.2) is 39.9 Å². The molecule has 2 heterocycles. The van der Waals surface area contributed by atoms with Crippen molar-refractivity contribution in [1.82, 2.24) is 14.0 Å². The fraction of sp³-hybridized carbons (Fsp3) is 0.500. The average Bonchev–Trinajstić information content (AvgIpc) is 2.92. The number of carbonyl (C=O) groups excluding carboxylic acids is 1. The molecule has 1 aliphatic heterocycles. The van der Waals surface area contributed by atoms with Gasteiger partial charge in [0.15, 0.2) is 0 Å². The van der Waals surface area contributed by atoms with Crippen LogP contribution in [0.4, 0.5) is 10.2 Å². The third-order valence-electron chi connectivity index (χ3n) is 5.36. The van der Waals surface area contributed by atoms with E-state index in [1.165, 1.54) is 28.8 Å². The molecule has 0 radical (unpaired) electrons. The maximum atomic E-state index is 13.5. The van der Waals surface area contributed by atoms with Gasteiger partial charge in [0.25, 0.3) is 11.5 Å². The number of carbonyl (C=O) groups is 1. The van der Waals surface area contributed by atoms with E-state index < -0.39 is 5.82 Å². The Morgan fingerprint density at radius 1 is 0.933 bits per heavy atom. The zero-order chi connectivity index (χ0) is 22.0. The summed E-state index contributed by atoms with van der Waals surface area (Å²) in [5.74, 6) is -0.0752. The molecule has 1 aromatic heterocycles. The first kappa shape index (κ1) is 21.8. The summed E-state index contributed by atoms with van der Waals surface area (Å²) < 4.78 is 16.4. The van der Waals surface area contributed by atoms with Gasteiger partial charge in [-0.15, -0.1) is 0 Å². The van der Waals surface area contributed by atoms with E-state index in [-0.39, 0.29) is 29.2 Å². The number of benzene rings is 1. The van der Waals surface area contributed by atoms with Crippen LogP contribution in [0.3, 0.4) is 0 Å². The molecule has 1 saturated heterocycles. The van der Waals surface area contributed by atoms with Crippen molar-refractivity contribution in [2.45, 2.75) is 46.2 Å². The molecule has 0 atom stereocenters. The van der Waals surface area contributed by atoms with Crippen LogP contribution in [0, 0.1) is 5.82 Å². The van der Waals surface area contributed by atoms with Crippen molar-refractivity contribution >= 4 is 11.7 Å². The zero-order valence-corrected chi connectivity index (χ0v) is 18.0. The van der Waals surface area contributed by atoms with Gasteiger partial charge in [0, 0.05) is 49.9 Å². The fourth-order valence-electron chi connectivity index (χ4n) is 3.92. The molecule has 0 spiro atoms. The molecule has 0 N–H and O–H groups in total. The summed E-state index contributed by atoms with van der Waals surface area (Å²) in [4.78, 5) is 42.1. The number of hydrogen-bond donors (Lipinski definition) is 0. The van der Waals surface area contributed by atoms with Gasteiger partial charge in [-0.25, -0.2) is 9.18 Å². The summed E-state index contributed by atoms with van der Waals surface area (Å²) in [6.07, 6.45) is 0.681. The summed E-state index contributed by atoms with van der Waals surface area (Å²) in [7, 11) is 0. The summed E-state index contributed by atoms with van der Waals surface area (Å²) in [6.45, 7) is 9.51. The second-order valence-electron chi connectivity index (χ2n) is 8.19. The molecule has 1 aliphatic rings. The number of amides is 1. The van der Waals surface area contributed by atoms with Gasteiger partial charge >= 0.3 is 5.69 Å². The predicted octanol–water partition coefficient (Wildman–Crippen LogP) is 2.66. The summed E-state index contributed by atoms with van der Waals surface area (Å²) in [6, 6.07) is 6.86. The Hall–Kier alpha value is -2.90. The highest BCUT2D eigenvalue weighted by atomic mass is 19.1. The smallest absolute Gasteiger partial charge is 0.333 e. The number of halogens is 1. The fourth-order valence-corrected chi connectivity index (χ4v) is 3.92. The summed E-state index contributed by atoms with van der Waals surface area (Å²) in [5.41, 5.74) is -0.319. The van der Waals surface area contributed by atoms with Crippen molar-refractivity contribution in [1.29, 1.82) is 0 Å². The number of hydrogen-bond acceptors (Lipinski definition) is 4. The number of aromatic nitrogens is 2. The first-order valence-electron chi connectivity index (χ1n) is 10.4. The lowest BCUT2D eigenvalue weighted by Crippen LogP contribution is -2.45. The SMILES string of the molecule is CC(C)n1c(N2CCCN(C(=O)c3cccc(F)c3)CC2)cc(=O)n(C(C)C)c1=O. The lowest BCUT2D eigenvalue weighted by molar-refractivity contribution is 0.0766. The van der Waals surface area contributed by atoms with E-state index in [2.05, 4.69) is 0 Å². The molecule has 0 aliphatic carbocycles. The highest BCUT2D eigenvalue weighted by Crippen LogP contribution is 2.19. The predicted molar refractivity (Wildman–Crippen MR) is 115 cm³/mol. The monoisotopic (exact) mass is 416 g/mol. The molecular weight excluding hydrogens is 387 g/mol. The van der Waals surface area contributed by atoms with Crippen molar-refractivity contribution in [2.24, 2.45) is 0 Å². The van der Waals surface area contributed by atoms with Crippen LogP contribution in [0.25, 0.3) is 0 Å². The van der Waals surface area contributed by atoms with Crippen LogP contribution in [-0.4, -0.2) is 46.1 Å². The van der Waals surface area contributed by atoms with E-state index in [9.17, 15) is 18.8 Å². The third-order valence-corrected chi connectivity index (χ3v) is 5.36. The van der Waals surface area contributed by atoms with Gasteiger partial charge in [-0.2, -0.15) is 0 Å². The minimum atomic E-state index is -0.441. The first-order valence-corrected chi connectivity index (χ1v) is 10.4. The topological polar surface area (TPSA) is 67.5 Å². The van der Waals surface area contributed by atoms with Gasteiger partial charge in [0.1, 0.15) is 11.6 Å². The van der Waals surface area contributed by atoms with Gasteiger partial charge in [0.2, 0.25) is 0 Å². The molecule has 0 saturated carbocycles. The van der Waals surface area contributed by atoms with Crippen molar-refractivity contribution in [3.05, 3.63) is 62.6 Å². The molecule has 1 aromatic carbocycles. The number of rotatable bonds is 4. The van der Waals surface area contributed by atoms with Gasteiger partial charge < -0.3 is 9.80 Å². The molecule has 30 heavy (non-hydrogen) atoms. The molecule has 162 valence electrons. The average molecular weight is 416 g/mol. The van der Waals surface area contributed by atoms with E-state index in [0.717, 1.165) is 0 Å². The van der Waals surface area contributed by atoms with Gasteiger partial charge in [-0.1, -0.05) is 6.07 Å². The van der Waals surface area contributed by atoms with Crippen molar-refractivity contribution < 1.29 is 9.18 Å². The Kier molecular flexibility index (Phi) is 6.43. The third kappa shape index (κ3) is 4.32. The maximum absolute atomic E-state index is 13.5. The Balaban J connectivity index is 1.89. The van der Waals surface area contributed by atoms with Crippen LogP contribution >= 0.6 is 0 Å². The van der Waals surface area contributed by atoms with E-state index in [1.807, 2.05) is 32.6 Å². The zero-order valence-electron chi connectivity index (χ0n) is 18.0. The largest absolute Gasteiger partial charge is 0.356 e. The molecule has 1 amide bonds. The Morgan fingerprint density at radius 2 is 1.63 bits per heavy atom. The van der Waals surface area contributed by atoms with Crippen LogP contribution < -0.4 is 16.1 Å². The van der Waals surface area contributed by atoms with Crippen LogP contribution in [0.1, 0.15) is 56.6 Å². The van der Waals surface area contributed by atoms with Gasteiger partial charge in [-0.3, -0.25) is 18.7 Å². The first-order chi connectivity index (χ1) is 14.2. The lowest BCUT2D eigenvalue weighted by Gasteiger charge is -2.28.